The summed E-state index contributed by atoms with van der Waals surface area (Å²) >= 11 is 0. The third-order valence-electron chi connectivity index (χ3n) is 7.24. The minimum atomic E-state index is -2.28. The Balaban J connectivity index is 2.15. The van der Waals surface area contributed by atoms with E-state index in [4.69, 9.17) is 8.85 Å². The molecule has 2 aliphatic rings. The van der Waals surface area contributed by atoms with E-state index in [1.165, 1.54) is 38.5 Å². The SMILES string of the molecule is C=CC[Si](C)(O[C@H]1C[C@@H](C)CC[C@@H]1C(C)C)O[C@H]1C[C@@H](C)CC[C@@H]1C(C)C. The molecular weight excluding hydrogens is 348 g/mol. The summed E-state index contributed by atoms with van der Waals surface area (Å²) in [6.07, 6.45) is 10.5. The predicted octanol–water partition coefficient (Wildman–Crippen LogP) is 7.20. The van der Waals surface area contributed by atoms with Crippen molar-refractivity contribution in [1.82, 2.24) is 0 Å². The molecule has 2 aliphatic carbocycles. The Hall–Kier alpha value is -0.123. The van der Waals surface area contributed by atoms with E-state index >= 15 is 0 Å². The van der Waals surface area contributed by atoms with Gasteiger partial charge in [-0.15, -0.1) is 6.58 Å². The molecular formula is C24H46O2Si. The van der Waals surface area contributed by atoms with E-state index in [-0.39, 0.29) is 0 Å². The summed E-state index contributed by atoms with van der Waals surface area (Å²) in [4.78, 5) is 0. The molecule has 158 valence electrons. The Morgan fingerprint density at radius 2 is 1.26 bits per heavy atom. The van der Waals surface area contributed by atoms with E-state index in [0.29, 0.717) is 35.9 Å². The molecule has 27 heavy (non-hydrogen) atoms. The van der Waals surface area contributed by atoms with Gasteiger partial charge in [-0.1, -0.05) is 60.5 Å². The van der Waals surface area contributed by atoms with Crippen LogP contribution in [0.1, 0.15) is 80.1 Å². The molecule has 0 saturated heterocycles. The lowest BCUT2D eigenvalue weighted by atomic mass is 9.75. The van der Waals surface area contributed by atoms with Gasteiger partial charge >= 0.3 is 8.56 Å². The van der Waals surface area contributed by atoms with Gasteiger partial charge in [-0.05, 0) is 67.7 Å². The highest BCUT2D eigenvalue weighted by molar-refractivity contribution is 6.66. The van der Waals surface area contributed by atoms with Crippen LogP contribution in [-0.2, 0) is 8.85 Å². The highest BCUT2D eigenvalue weighted by atomic mass is 28.4. The molecule has 0 spiro atoms. The molecule has 0 N–H and O–H groups in total. The van der Waals surface area contributed by atoms with Gasteiger partial charge in [-0.2, -0.15) is 0 Å². The lowest BCUT2D eigenvalue weighted by Crippen LogP contribution is -2.51. The van der Waals surface area contributed by atoms with Gasteiger partial charge in [-0.3, -0.25) is 0 Å². The zero-order chi connectivity index (χ0) is 20.2. The fourth-order valence-electron chi connectivity index (χ4n) is 5.53. The zero-order valence-electron chi connectivity index (χ0n) is 19.2. The van der Waals surface area contributed by atoms with Crippen LogP contribution in [0.15, 0.2) is 12.7 Å². The monoisotopic (exact) mass is 394 g/mol. The van der Waals surface area contributed by atoms with Gasteiger partial charge in [0, 0.05) is 6.04 Å². The quantitative estimate of drug-likeness (QED) is 0.320. The Kier molecular flexibility index (Phi) is 8.64. The third kappa shape index (κ3) is 6.44. The van der Waals surface area contributed by atoms with E-state index in [2.05, 4.69) is 54.7 Å². The van der Waals surface area contributed by atoms with Crippen LogP contribution in [0.5, 0.6) is 0 Å². The van der Waals surface area contributed by atoms with Crippen LogP contribution in [0, 0.1) is 35.5 Å². The van der Waals surface area contributed by atoms with Crippen LogP contribution in [0.3, 0.4) is 0 Å². The predicted molar refractivity (Wildman–Crippen MR) is 119 cm³/mol. The van der Waals surface area contributed by atoms with Crippen LogP contribution in [0.2, 0.25) is 12.6 Å². The summed E-state index contributed by atoms with van der Waals surface area (Å²) in [6, 6.07) is 0.901. The van der Waals surface area contributed by atoms with Crippen molar-refractivity contribution in [2.45, 2.75) is 105 Å². The van der Waals surface area contributed by atoms with Gasteiger partial charge < -0.3 is 8.85 Å². The van der Waals surface area contributed by atoms with E-state index < -0.39 is 8.56 Å². The highest BCUT2D eigenvalue weighted by Crippen LogP contribution is 2.40. The standard InChI is InChI=1S/C24H46O2Si/c1-9-14-27(8,25-23-15-19(6)10-12-21(23)17(2)3)26-24-16-20(7)11-13-22(24)18(4)5/h9,17-24H,1,10-16H2,2-8H3/t19-,20-,21+,22+,23-,24-/m0/s1. The van der Waals surface area contributed by atoms with Crippen molar-refractivity contribution in [3.05, 3.63) is 12.7 Å². The minimum absolute atomic E-state index is 0.365. The van der Waals surface area contributed by atoms with Gasteiger partial charge in [0.05, 0.1) is 12.2 Å². The van der Waals surface area contributed by atoms with Crippen LogP contribution >= 0.6 is 0 Å². The van der Waals surface area contributed by atoms with Crippen LogP contribution in [0.25, 0.3) is 0 Å². The fourth-order valence-corrected chi connectivity index (χ4v) is 8.12. The lowest BCUT2D eigenvalue weighted by molar-refractivity contribution is -0.0247. The molecule has 0 aliphatic heterocycles. The van der Waals surface area contributed by atoms with Crippen molar-refractivity contribution in [3.8, 4) is 0 Å². The van der Waals surface area contributed by atoms with Crippen molar-refractivity contribution in [3.63, 3.8) is 0 Å². The van der Waals surface area contributed by atoms with E-state index in [0.717, 1.165) is 17.9 Å². The number of hydrogen-bond acceptors (Lipinski definition) is 2. The van der Waals surface area contributed by atoms with Crippen LogP contribution in [0.4, 0.5) is 0 Å². The molecule has 2 rings (SSSR count). The van der Waals surface area contributed by atoms with E-state index in [9.17, 15) is 0 Å². The summed E-state index contributed by atoms with van der Waals surface area (Å²) in [5.74, 6) is 4.25. The first-order valence-electron chi connectivity index (χ1n) is 11.6. The van der Waals surface area contributed by atoms with E-state index in [1.807, 2.05) is 6.08 Å². The Morgan fingerprint density at radius 1 is 0.852 bits per heavy atom. The van der Waals surface area contributed by atoms with Crippen LogP contribution < -0.4 is 0 Å². The lowest BCUT2D eigenvalue weighted by Gasteiger charge is -2.45. The maximum atomic E-state index is 6.98. The van der Waals surface area contributed by atoms with Crippen molar-refractivity contribution >= 4 is 8.56 Å². The Morgan fingerprint density at radius 3 is 1.59 bits per heavy atom. The maximum Gasteiger partial charge on any atom is 0.339 e. The van der Waals surface area contributed by atoms with E-state index in [1.54, 1.807) is 0 Å². The van der Waals surface area contributed by atoms with Crippen molar-refractivity contribution in [1.29, 1.82) is 0 Å². The Labute approximate surface area is 170 Å². The molecule has 0 bridgehead atoms. The molecule has 2 fully saturated rings. The molecule has 0 aromatic rings. The average Bonchev–Trinajstić information content (AvgIpc) is 2.54. The largest absolute Gasteiger partial charge is 0.391 e. The van der Waals surface area contributed by atoms with Gasteiger partial charge in [0.1, 0.15) is 0 Å². The zero-order valence-corrected chi connectivity index (χ0v) is 20.2. The van der Waals surface area contributed by atoms with Crippen molar-refractivity contribution < 1.29 is 8.85 Å². The second-order valence-electron chi connectivity index (χ2n) is 10.6. The van der Waals surface area contributed by atoms with Gasteiger partial charge in [0.25, 0.3) is 0 Å². The first-order valence-corrected chi connectivity index (χ1v) is 14.1. The second kappa shape index (κ2) is 10.1. The van der Waals surface area contributed by atoms with Gasteiger partial charge in [0.15, 0.2) is 0 Å². The molecule has 3 heteroatoms. The molecule has 2 saturated carbocycles. The molecule has 0 unspecified atom stereocenters. The van der Waals surface area contributed by atoms with Crippen molar-refractivity contribution in [2.24, 2.45) is 35.5 Å². The summed E-state index contributed by atoms with van der Waals surface area (Å²) in [5, 5.41) is 0. The topological polar surface area (TPSA) is 18.5 Å². The third-order valence-corrected chi connectivity index (χ3v) is 9.87. The maximum absolute atomic E-state index is 6.98. The number of rotatable bonds is 8. The first-order chi connectivity index (χ1) is 12.6. The Bertz CT molecular complexity index is 427. The molecule has 0 amide bonds. The van der Waals surface area contributed by atoms with Gasteiger partial charge in [-0.25, -0.2) is 0 Å². The summed E-state index contributed by atoms with van der Waals surface area (Å²) < 4.78 is 14.0. The molecule has 0 aromatic heterocycles. The second-order valence-corrected chi connectivity index (χ2v) is 13.7. The molecule has 0 radical (unpaired) electrons. The molecule has 0 heterocycles. The minimum Gasteiger partial charge on any atom is -0.391 e. The molecule has 0 aromatic carbocycles. The molecule has 6 atom stereocenters. The van der Waals surface area contributed by atoms with Crippen LogP contribution in [-0.4, -0.2) is 20.8 Å². The highest BCUT2D eigenvalue weighted by Gasteiger charge is 2.43. The smallest absolute Gasteiger partial charge is 0.339 e. The number of hydrogen-bond donors (Lipinski definition) is 0. The normalized spacial score (nSPS) is 35.6. The summed E-state index contributed by atoms with van der Waals surface area (Å²) in [5.41, 5.74) is 0. The van der Waals surface area contributed by atoms with Gasteiger partial charge in [0.2, 0.25) is 0 Å². The molecule has 2 nitrogen and oxygen atoms in total. The first kappa shape index (κ1) is 23.2. The summed E-state index contributed by atoms with van der Waals surface area (Å²) in [7, 11) is -2.28. The van der Waals surface area contributed by atoms with Crippen molar-refractivity contribution in [2.75, 3.05) is 0 Å². The number of allylic oxidation sites excluding steroid dienone is 1. The fraction of sp³-hybridized carbons (Fsp3) is 0.917. The summed E-state index contributed by atoms with van der Waals surface area (Å²) in [6.45, 7) is 20.6. The average molecular weight is 395 g/mol.